The molecule has 0 amide bonds. The van der Waals surface area contributed by atoms with Gasteiger partial charge >= 0.3 is 0 Å². The Hall–Kier alpha value is -0.840. The smallest absolute Gasteiger partial charge is 0.154 e. The molecule has 0 saturated carbocycles. The number of benzene rings is 1. The van der Waals surface area contributed by atoms with Crippen LogP contribution in [0.4, 0.5) is 0 Å². The maximum absolute atomic E-state index is 9.35. The lowest BCUT2D eigenvalue weighted by Gasteiger charge is -2.04. The third kappa shape index (κ3) is 2.81. The molecule has 1 aromatic carbocycles. The van der Waals surface area contributed by atoms with E-state index in [-0.39, 0.29) is 0 Å². The standard InChI is InChI=1S/C11H11NOS2/c1-8(13)9-2-4-10(5-3-9)15-11-12-6-7-14-11/h2-8,13H,1H3/t8-/m1/s1. The minimum absolute atomic E-state index is 0.399. The van der Waals surface area contributed by atoms with Crippen molar-refractivity contribution < 1.29 is 5.11 Å². The molecular formula is C11H11NOS2. The van der Waals surface area contributed by atoms with E-state index in [1.165, 1.54) is 0 Å². The summed E-state index contributed by atoms with van der Waals surface area (Å²) in [4.78, 5) is 5.35. The molecule has 0 unspecified atom stereocenters. The van der Waals surface area contributed by atoms with E-state index in [9.17, 15) is 5.11 Å². The van der Waals surface area contributed by atoms with Gasteiger partial charge in [-0.3, -0.25) is 0 Å². The van der Waals surface area contributed by atoms with Gasteiger partial charge in [0.25, 0.3) is 0 Å². The lowest BCUT2D eigenvalue weighted by atomic mass is 10.1. The van der Waals surface area contributed by atoms with Gasteiger partial charge in [0.05, 0.1) is 6.10 Å². The summed E-state index contributed by atoms with van der Waals surface area (Å²) >= 11 is 3.27. The molecule has 0 bridgehead atoms. The highest BCUT2D eigenvalue weighted by atomic mass is 32.2. The number of nitrogens with zero attached hydrogens (tertiary/aromatic N) is 1. The third-order valence-electron chi connectivity index (χ3n) is 1.98. The fourth-order valence-electron chi connectivity index (χ4n) is 1.18. The Morgan fingerprint density at radius 2 is 2.07 bits per heavy atom. The van der Waals surface area contributed by atoms with Gasteiger partial charge in [-0.25, -0.2) is 4.98 Å². The van der Waals surface area contributed by atoms with Crippen molar-refractivity contribution in [3.05, 3.63) is 41.4 Å². The van der Waals surface area contributed by atoms with Crippen molar-refractivity contribution in [2.45, 2.75) is 22.3 Å². The van der Waals surface area contributed by atoms with Crippen molar-refractivity contribution in [1.29, 1.82) is 0 Å². The first-order valence-corrected chi connectivity index (χ1v) is 6.30. The van der Waals surface area contributed by atoms with Crippen LogP contribution in [0.5, 0.6) is 0 Å². The molecule has 0 radical (unpaired) electrons. The molecular weight excluding hydrogens is 226 g/mol. The van der Waals surface area contributed by atoms with Gasteiger partial charge < -0.3 is 5.11 Å². The quantitative estimate of drug-likeness (QED) is 0.888. The van der Waals surface area contributed by atoms with Crippen molar-refractivity contribution in [3.8, 4) is 0 Å². The van der Waals surface area contributed by atoms with E-state index in [2.05, 4.69) is 4.98 Å². The molecule has 1 aromatic heterocycles. The normalized spacial score (nSPS) is 12.7. The number of thiazole rings is 1. The van der Waals surface area contributed by atoms with E-state index in [0.29, 0.717) is 0 Å². The molecule has 4 heteroatoms. The van der Waals surface area contributed by atoms with Crippen molar-refractivity contribution >= 4 is 23.1 Å². The topological polar surface area (TPSA) is 33.1 Å². The second-order valence-corrected chi connectivity index (χ2v) is 5.36. The van der Waals surface area contributed by atoms with Crippen LogP contribution in [0.2, 0.25) is 0 Å². The number of hydrogen-bond acceptors (Lipinski definition) is 4. The zero-order chi connectivity index (χ0) is 10.7. The van der Waals surface area contributed by atoms with Crippen molar-refractivity contribution in [1.82, 2.24) is 4.98 Å². The highest BCUT2D eigenvalue weighted by molar-refractivity contribution is 8.01. The average Bonchev–Trinajstić information content (AvgIpc) is 2.71. The van der Waals surface area contributed by atoms with Crippen LogP contribution in [-0.4, -0.2) is 10.1 Å². The Balaban J connectivity index is 2.11. The molecule has 0 aliphatic carbocycles. The summed E-state index contributed by atoms with van der Waals surface area (Å²) in [5.41, 5.74) is 0.943. The predicted octanol–water partition coefficient (Wildman–Crippen LogP) is 3.35. The van der Waals surface area contributed by atoms with E-state index in [1.54, 1.807) is 36.2 Å². The number of aliphatic hydroxyl groups is 1. The van der Waals surface area contributed by atoms with Crippen molar-refractivity contribution in [2.24, 2.45) is 0 Å². The second kappa shape index (κ2) is 4.79. The first-order chi connectivity index (χ1) is 7.25. The number of aliphatic hydroxyl groups excluding tert-OH is 1. The molecule has 78 valence electrons. The van der Waals surface area contributed by atoms with E-state index in [4.69, 9.17) is 0 Å². The summed E-state index contributed by atoms with van der Waals surface area (Å²) in [6, 6.07) is 7.91. The van der Waals surface area contributed by atoms with E-state index >= 15 is 0 Å². The number of rotatable bonds is 3. The predicted molar refractivity (Wildman–Crippen MR) is 63.3 cm³/mol. The van der Waals surface area contributed by atoms with Gasteiger partial charge in [0.1, 0.15) is 0 Å². The SMILES string of the molecule is C[C@@H](O)c1ccc(Sc2nccs2)cc1. The Morgan fingerprint density at radius 3 is 2.60 bits per heavy atom. The largest absolute Gasteiger partial charge is 0.389 e. The molecule has 0 aliphatic rings. The number of aromatic nitrogens is 1. The summed E-state index contributed by atoms with van der Waals surface area (Å²) in [6.45, 7) is 1.77. The summed E-state index contributed by atoms with van der Waals surface area (Å²) in [5, 5.41) is 11.3. The molecule has 2 nitrogen and oxygen atoms in total. The summed E-state index contributed by atoms with van der Waals surface area (Å²) in [7, 11) is 0. The van der Waals surface area contributed by atoms with Crippen molar-refractivity contribution in [3.63, 3.8) is 0 Å². The third-order valence-corrected chi connectivity index (χ3v) is 3.87. The lowest BCUT2D eigenvalue weighted by molar-refractivity contribution is 0.199. The zero-order valence-corrected chi connectivity index (χ0v) is 9.89. The van der Waals surface area contributed by atoms with Crippen LogP contribution in [0.3, 0.4) is 0 Å². The molecule has 0 aliphatic heterocycles. The Bertz CT molecular complexity index is 409. The van der Waals surface area contributed by atoms with Crippen molar-refractivity contribution in [2.75, 3.05) is 0 Å². The molecule has 0 fully saturated rings. The van der Waals surface area contributed by atoms with Crippen LogP contribution < -0.4 is 0 Å². The summed E-state index contributed by atoms with van der Waals surface area (Å²) in [5.74, 6) is 0. The maximum Gasteiger partial charge on any atom is 0.154 e. The van der Waals surface area contributed by atoms with E-state index < -0.39 is 6.10 Å². The highest BCUT2D eigenvalue weighted by Gasteiger charge is 2.02. The average molecular weight is 237 g/mol. The molecule has 2 aromatic rings. The van der Waals surface area contributed by atoms with Crippen LogP contribution >= 0.6 is 23.1 Å². The van der Waals surface area contributed by atoms with Crippen LogP contribution in [-0.2, 0) is 0 Å². The molecule has 1 atom stereocenters. The Labute approximate surface area is 97.0 Å². The van der Waals surface area contributed by atoms with Gasteiger partial charge in [-0.05, 0) is 24.6 Å². The van der Waals surface area contributed by atoms with Crippen LogP contribution in [0, 0.1) is 0 Å². The minimum atomic E-state index is -0.399. The van der Waals surface area contributed by atoms with Gasteiger partial charge in [-0.15, -0.1) is 11.3 Å². The molecule has 0 spiro atoms. The lowest BCUT2D eigenvalue weighted by Crippen LogP contribution is -1.89. The summed E-state index contributed by atoms with van der Waals surface area (Å²) < 4.78 is 1.04. The van der Waals surface area contributed by atoms with Gasteiger partial charge in [0.15, 0.2) is 4.34 Å². The monoisotopic (exact) mass is 237 g/mol. The Morgan fingerprint density at radius 1 is 1.33 bits per heavy atom. The van der Waals surface area contributed by atoms with Gasteiger partial charge in [0.2, 0.25) is 0 Å². The minimum Gasteiger partial charge on any atom is -0.389 e. The van der Waals surface area contributed by atoms with E-state index in [1.807, 2.05) is 29.6 Å². The molecule has 2 rings (SSSR count). The Kier molecular flexibility index (Phi) is 3.41. The van der Waals surface area contributed by atoms with Crippen LogP contribution in [0.15, 0.2) is 45.1 Å². The molecule has 1 N–H and O–H groups in total. The van der Waals surface area contributed by atoms with Gasteiger partial charge in [-0.2, -0.15) is 0 Å². The fourth-order valence-corrected chi connectivity index (χ4v) is 2.77. The molecule has 0 saturated heterocycles. The maximum atomic E-state index is 9.35. The second-order valence-electron chi connectivity index (χ2n) is 3.15. The van der Waals surface area contributed by atoms with Crippen LogP contribution in [0.25, 0.3) is 0 Å². The van der Waals surface area contributed by atoms with Crippen LogP contribution in [0.1, 0.15) is 18.6 Å². The zero-order valence-electron chi connectivity index (χ0n) is 8.25. The fraction of sp³-hybridized carbons (Fsp3) is 0.182. The van der Waals surface area contributed by atoms with Gasteiger partial charge in [0, 0.05) is 16.5 Å². The summed E-state index contributed by atoms with van der Waals surface area (Å²) in [6.07, 6.45) is 1.40. The number of hydrogen-bond donors (Lipinski definition) is 1. The first-order valence-electron chi connectivity index (χ1n) is 4.61. The molecule has 1 heterocycles. The molecule has 15 heavy (non-hydrogen) atoms. The van der Waals surface area contributed by atoms with Gasteiger partial charge in [-0.1, -0.05) is 23.9 Å². The first kappa shape index (κ1) is 10.7. The highest BCUT2D eigenvalue weighted by Crippen LogP contribution is 2.29. The van der Waals surface area contributed by atoms with E-state index in [0.717, 1.165) is 14.8 Å².